The monoisotopic (exact) mass is 259 g/mol. The predicted octanol–water partition coefficient (Wildman–Crippen LogP) is 0.501. The number of aromatic nitrogens is 1. The van der Waals surface area contributed by atoms with Crippen molar-refractivity contribution in [3.8, 4) is 0 Å². The minimum atomic E-state index is -1.02. The van der Waals surface area contributed by atoms with Crippen molar-refractivity contribution in [2.45, 2.75) is 6.04 Å². The van der Waals surface area contributed by atoms with Gasteiger partial charge in [-0.15, -0.1) is 0 Å². The van der Waals surface area contributed by atoms with E-state index in [1.54, 1.807) is 0 Å². The molecule has 0 spiro atoms. The number of rotatable bonds is 3. The lowest BCUT2D eigenvalue weighted by atomic mass is 10.2. The second-order valence-corrected chi connectivity index (χ2v) is 3.59. The maximum atomic E-state index is 10.6. The molecule has 0 aliphatic heterocycles. The molecule has 1 rings (SSSR count). The summed E-state index contributed by atoms with van der Waals surface area (Å²) >= 11 is 3.20. The van der Waals surface area contributed by atoms with Gasteiger partial charge in [0.15, 0.2) is 0 Å². The summed E-state index contributed by atoms with van der Waals surface area (Å²) in [7, 11) is 0. The van der Waals surface area contributed by atoms with Gasteiger partial charge in [0, 0.05) is 17.2 Å². The largest absolute Gasteiger partial charge is 0.478 e. The molecule has 76 valence electrons. The van der Waals surface area contributed by atoms with E-state index < -0.39 is 5.97 Å². The van der Waals surface area contributed by atoms with Gasteiger partial charge in [-0.25, -0.2) is 4.79 Å². The van der Waals surface area contributed by atoms with Crippen molar-refractivity contribution in [3.05, 3.63) is 28.0 Å². The number of nitrogens with zero attached hydrogens (tertiary/aromatic N) is 1. The number of carboxylic acids is 1. The van der Waals surface area contributed by atoms with Crippen molar-refractivity contribution in [1.29, 1.82) is 0 Å². The Balaban J connectivity index is 3.07. The van der Waals surface area contributed by atoms with Crippen LogP contribution >= 0.6 is 15.9 Å². The molecule has 1 unspecified atom stereocenters. The molecule has 0 saturated carbocycles. The number of aromatic carboxylic acids is 1. The molecule has 0 fully saturated rings. The van der Waals surface area contributed by atoms with E-state index in [1.165, 1.54) is 12.3 Å². The van der Waals surface area contributed by atoms with E-state index >= 15 is 0 Å². The summed E-state index contributed by atoms with van der Waals surface area (Å²) in [6, 6.07) is 1.08. The van der Waals surface area contributed by atoms with E-state index in [4.69, 9.17) is 16.6 Å². The summed E-state index contributed by atoms with van der Waals surface area (Å²) in [5, 5.41) is 8.68. The molecule has 0 radical (unpaired) electrons. The van der Waals surface area contributed by atoms with Gasteiger partial charge in [0.2, 0.25) is 0 Å². The number of halogens is 1. The van der Waals surface area contributed by atoms with Gasteiger partial charge >= 0.3 is 5.97 Å². The van der Waals surface area contributed by atoms with E-state index in [1.807, 2.05) is 0 Å². The van der Waals surface area contributed by atoms with Crippen LogP contribution in [0.3, 0.4) is 0 Å². The highest BCUT2D eigenvalue weighted by atomic mass is 79.9. The highest BCUT2D eigenvalue weighted by Gasteiger charge is 2.12. The Bertz CT molecular complexity index is 356. The minimum Gasteiger partial charge on any atom is -0.478 e. The zero-order chi connectivity index (χ0) is 10.7. The Morgan fingerprint density at radius 2 is 2.36 bits per heavy atom. The molecule has 1 aromatic rings. The number of pyridine rings is 1. The van der Waals surface area contributed by atoms with Crippen LogP contribution in [-0.4, -0.2) is 22.6 Å². The second-order valence-electron chi connectivity index (χ2n) is 2.74. The summed E-state index contributed by atoms with van der Waals surface area (Å²) in [6.45, 7) is 0.262. The fraction of sp³-hybridized carbons (Fsp3) is 0.250. The van der Waals surface area contributed by atoms with Gasteiger partial charge in [0.05, 0.1) is 17.3 Å². The lowest BCUT2D eigenvalue weighted by molar-refractivity contribution is 0.0696. The first-order chi connectivity index (χ1) is 6.56. The third-order valence-electron chi connectivity index (χ3n) is 1.72. The number of carbonyl (C=O) groups is 1. The van der Waals surface area contributed by atoms with Crippen LogP contribution in [0.4, 0.5) is 0 Å². The van der Waals surface area contributed by atoms with Crippen LogP contribution in [0.25, 0.3) is 0 Å². The summed E-state index contributed by atoms with van der Waals surface area (Å²) in [4.78, 5) is 14.5. The highest BCUT2D eigenvalue weighted by molar-refractivity contribution is 9.10. The fourth-order valence-electron chi connectivity index (χ4n) is 0.950. The Morgan fingerprint density at radius 1 is 1.71 bits per heavy atom. The second kappa shape index (κ2) is 4.50. The van der Waals surface area contributed by atoms with Gasteiger partial charge < -0.3 is 16.6 Å². The predicted molar refractivity (Wildman–Crippen MR) is 54.9 cm³/mol. The van der Waals surface area contributed by atoms with Gasteiger partial charge in [-0.05, 0) is 22.0 Å². The molecule has 1 atom stereocenters. The van der Waals surface area contributed by atoms with Gasteiger partial charge in [-0.3, -0.25) is 4.98 Å². The van der Waals surface area contributed by atoms with E-state index in [9.17, 15) is 4.79 Å². The highest BCUT2D eigenvalue weighted by Crippen LogP contribution is 2.20. The molecule has 1 aromatic heterocycles. The zero-order valence-corrected chi connectivity index (χ0v) is 8.86. The molecule has 1 heterocycles. The normalized spacial score (nSPS) is 12.5. The number of hydrogen-bond acceptors (Lipinski definition) is 4. The van der Waals surface area contributed by atoms with Crippen molar-refractivity contribution >= 4 is 21.9 Å². The van der Waals surface area contributed by atoms with Crippen LogP contribution in [0.15, 0.2) is 16.7 Å². The summed E-state index contributed by atoms with van der Waals surface area (Å²) in [5.74, 6) is -1.02. The number of hydrogen-bond donors (Lipinski definition) is 3. The first-order valence-electron chi connectivity index (χ1n) is 3.90. The molecule has 0 bridgehead atoms. The quantitative estimate of drug-likeness (QED) is 0.734. The van der Waals surface area contributed by atoms with Crippen molar-refractivity contribution in [3.63, 3.8) is 0 Å². The van der Waals surface area contributed by atoms with Gasteiger partial charge in [-0.1, -0.05) is 0 Å². The topological polar surface area (TPSA) is 102 Å². The van der Waals surface area contributed by atoms with Gasteiger partial charge in [0.25, 0.3) is 0 Å². The summed E-state index contributed by atoms with van der Waals surface area (Å²) in [5.41, 5.74) is 11.7. The third kappa shape index (κ3) is 2.28. The van der Waals surface area contributed by atoms with Gasteiger partial charge in [-0.2, -0.15) is 0 Å². The smallest absolute Gasteiger partial charge is 0.337 e. The first kappa shape index (κ1) is 11.1. The van der Waals surface area contributed by atoms with Crippen molar-refractivity contribution in [2.75, 3.05) is 6.54 Å². The maximum Gasteiger partial charge on any atom is 0.337 e. The molecule has 0 aliphatic carbocycles. The van der Waals surface area contributed by atoms with Crippen LogP contribution in [0.1, 0.15) is 22.1 Å². The van der Waals surface area contributed by atoms with Gasteiger partial charge in [0.1, 0.15) is 0 Å². The Labute approximate surface area is 89.2 Å². The lowest BCUT2D eigenvalue weighted by Crippen LogP contribution is -2.22. The molecule has 0 amide bonds. The van der Waals surface area contributed by atoms with Crippen LogP contribution in [0.2, 0.25) is 0 Å². The summed E-state index contributed by atoms with van der Waals surface area (Å²) < 4.78 is 0.565. The van der Waals surface area contributed by atoms with Crippen molar-refractivity contribution in [2.24, 2.45) is 11.5 Å². The number of nitrogens with two attached hydrogens (primary N) is 2. The van der Waals surface area contributed by atoms with Crippen molar-refractivity contribution in [1.82, 2.24) is 4.98 Å². The zero-order valence-electron chi connectivity index (χ0n) is 7.27. The molecular formula is C8H10BrN3O2. The van der Waals surface area contributed by atoms with Crippen LogP contribution in [-0.2, 0) is 0 Å². The minimum absolute atomic E-state index is 0.116. The van der Waals surface area contributed by atoms with E-state index in [0.717, 1.165) is 0 Å². The third-order valence-corrected chi connectivity index (χ3v) is 2.36. The standard InChI is InChI=1S/C8H10BrN3O2/c9-5-1-4(8(13)14)3-12-7(5)6(11)2-10/h1,3,6H,2,10-11H2,(H,13,14). The molecule has 5 nitrogen and oxygen atoms in total. The molecular weight excluding hydrogens is 250 g/mol. The molecule has 5 N–H and O–H groups in total. The summed E-state index contributed by atoms with van der Waals surface area (Å²) in [6.07, 6.45) is 1.26. The maximum absolute atomic E-state index is 10.6. The SMILES string of the molecule is NCC(N)c1ncc(C(=O)O)cc1Br. The Hall–Kier alpha value is -0.980. The molecule has 0 aliphatic rings. The average molecular weight is 260 g/mol. The first-order valence-corrected chi connectivity index (χ1v) is 4.70. The number of carboxylic acid groups (broad SMARTS) is 1. The molecule has 14 heavy (non-hydrogen) atoms. The average Bonchev–Trinajstić information content (AvgIpc) is 2.16. The Kier molecular flexibility index (Phi) is 3.56. The molecule has 6 heteroatoms. The van der Waals surface area contributed by atoms with E-state index in [-0.39, 0.29) is 18.2 Å². The Morgan fingerprint density at radius 3 is 2.79 bits per heavy atom. The van der Waals surface area contributed by atoms with Crippen molar-refractivity contribution < 1.29 is 9.90 Å². The van der Waals surface area contributed by atoms with E-state index in [0.29, 0.717) is 10.2 Å². The van der Waals surface area contributed by atoms with Crippen LogP contribution in [0.5, 0.6) is 0 Å². The van der Waals surface area contributed by atoms with Crippen LogP contribution in [0, 0.1) is 0 Å². The molecule has 0 saturated heterocycles. The lowest BCUT2D eigenvalue weighted by Gasteiger charge is -2.10. The van der Waals surface area contributed by atoms with Crippen LogP contribution < -0.4 is 11.5 Å². The van der Waals surface area contributed by atoms with E-state index in [2.05, 4.69) is 20.9 Å². The fourth-order valence-corrected chi connectivity index (χ4v) is 1.59. The molecule has 0 aromatic carbocycles.